The molecule has 0 unspecified atom stereocenters. The van der Waals surface area contributed by atoms with Gasteiger partial charge in [0.2, 0.25) is 0 Å². The topological polar surface area (TPSA) is 177 Å². The van der Waals surface area contributed by atoms with E-state index in [0.717, 1.165) is 5.56 Å². The molecular formula is C20H28N4O8. The van der Waals surface area contributed by atoms with Gasteiger partial charge in [-0.3, -0.25) is 4.99 Å². The van der Waals surface area contributed by atoms with Gasteiger partial charge >= 0.3 is 12.1 Å². The van der Waals surface area contributed by atoms with Crippen molar-refractivity contribution in [1.82, 2.24) is 5.32 Å². The molecule has 6 N–H and O–H groups in total. The highest BCUT2D eigenvalue weighted by molar-refractivity contribution is 5.80. The van der Waals surface area contributed by atoms with Crippen LogP contribution in [0.1, 0.15) is 5.56 Å². The largest absolute Gasteiger partial charge is 0.480 e. The lowest BCUT2D eigenvalue weighted by Crippen LogP contribution is -2.46. The Labute approximate surface area is 184 Å². The summed E-state index contributed by atoms with van der Waals surface area (Å²) in [5.41, 5.74) is 11.3. The summed E-state index contributed by atoms with van der Waals surface area (Å²) in [6.45, 7) is 0.908. The number of nitrogens with one attached hydrogen (secondary N) is 1. The lowest BCUT2D eigenvalue weighted by atomic mass is 10.1. The summed E-state index contributed by atoms with van der Waals surface area (Å²) in [6.07, 6.45) is -2.38. The van der Waals surface area contributed by atoms with Crippen LogP contribution in [0.3, 0.4) is 0 Å². The number of fused-ring (bicyclic) bond motifs is 1. The van der Waals surface area contributed by atoms with E-state index in [4.69, 9.17) is 35.2 Å². The number of amides is 1. The van der Waals surface area contributed by atoms with E-state index in [-0.39, 0.29) is 38.0 Å². The van der Waals surface area contributed by atoms with Gasteiger partial charge in [-0.1, -0.05) is 30.3 Å². The number of rotatable bonds is 11. The summed E-state index contributed by atoms with van der Waals surface area (Å²) in [7, 11) is 0. The molecule has 3 rings (SSSR count). The lowest BCUT2D eigenvalue weighted by molar-refractivity contribution is -0.142. The smallest absolute Gasteiger partial charge is 0.408 e. The second-order valence-electron chi connectivity index (χ2n) is 7.28. The molecule has 2 saturated heterocycles. The molecule has 0 saturated carbocycles. The number of aliphatic carboxylic acids is 1. The van der Waals surface area contributed by atoms with Gasteiger partial charge in [0.25, 0.3) is 0 Å². The zero-order valence-corrected chi connectivity index (χ0v) is 17.4. The second-order valence-corrected chi connectivity index (χ2v) is 7.28. The Kier molecular flexibility index (Phi) is 8.62. The molecule has 32 heavy (non-hydrogen) atoms. The van der Waals surface area contributed by atoms with Crippen LogP contribution in [0.25, 0.3) is 0 Å². The minimum absolute atomic E-state index is 0.00901. The van der Waals surface area contributed by atoms with E-state index < -0.39 is 30.3 Å². The summed E-state index contributed by atoms with van der Waals surface area (Å²) in [5.74, 6) is -1.25. The van der Waals surface area contributed by atoms with Gasteiger partial charge in [-0.15, -0.1) is 0 Å². The average Bonchev–Trinajstić information content (AvgIpc) is 3.36. The molecule has 5 atom stereocenters. The lowest BCUT2D eigenvalue weighted by Gasteiger charge is -2.20. The van der Waals surface area contributed by atoms with E-state index in [1.165, 1.54) is 0 Å². The van der Waals surface area contributed by atoms with Crippen LogP contribution in [0, 0.1) is 0 Å². The first kappa shape index (κ1) is 23.7. The van der Waals surface area contributed by atoms with Gasteiger partial charge in [0.15, 0.2) is 12.0 Å². The first-order valence-electron chi connectivity index (χ1n) is 10.2. The van der Waals surface area contributed by atoms with Crippen molar-refractivity contribution in [3.8, 4) is 0 Å². The minimum Gasteiger partial charge on any atom is -0.480 e. The SMILES string of the molecule is NC(N)=NCCO[C@@H]1CO[C@H]2[C@@H]1OC[C@@H]2OC[C@H](NC(=O)OCc1ccccc1)C(=O)O. The highest BCUT2D eigenvalue weighted by Gasteiger charge is 2.49. The van der Waals surface area contributed by atoms with Gasteiger partial charge < -0.3 is 45.6 Å². The molecule has 2 aliphatic heterocycles. The first-order valence-corrected chi connectivity index (χ1v) is 10.2. The molecule has 0 bridgehead atoms. The Morgan fingerprint density at radius 2 is 1.78 bits per heavy atom. The number of aliphatic imine (C=N–C) groups is 1. The second kappa shape index (κ2) is 11.6. The Balaban J connectivity index is 1.41. The van der Waals surface area contributed by atoms with Crippen molar-refractivity contribution in [1.29, 1.82) is 0 Å². The molecule has 0 radical (unpaired) electrons. The Morgan fingerprint density at radius 3 is 2.41 bits per heavy atom. The monoisotopic (exact) mass is 452 g/mol. The number of guanidine groups is 1. The van der Waals surface area contributed by atoms with Gasteiger partial charge in [0.1, 0.15) is 31.0 Å². The van der Waals surface area contributed by atoms with E-state index in [9.17, 15) is 14.7 Å². The first-order chi connectivity index (χ1) is 15.4. The predicted octanol–water partition coefficient (Wildman–Crippen LogP) is -0.793. The quantitative estimate of drug-likeness (QED) is 0.189. The van der Waals surface area contributed by atoms with Crippen LogP contribution < -0.4 is 16.8 Å². The molecule has 0 spiro atoms. The third-order valence-electron chi connectivity index (χ3n) is 4.96. The van der Waals surface area contributed by atoms with Gasteiger partial charge in [-0.25, -0.2) is 9.59 Å². The number of nitrogens with zero attached hydrogens (tertiary/aromatic N) is 1. The van der Waals surface area contributed by atoms with Gasteiger partial charge in [-0.05, 0) is 5.56 Å². The third kappa shape index (κ3) is 6.79. The normalized spacial score (nSPS) is 25.0. The van der Waals surface area contributed by atoms with E-state index in [2.05, 4.69) is 10.3 Å². The third-order valence-corrected chi connectivity index (χ3v) is 4.96. The van der Waals surface area contributed by atoms with Crippen LogP contribution in [0.5, 0.6) is 0 Å². The molecule has 0 aliphatic carbocycles. The van der Waals surface area contributed by atoms with Crippen molar-refractivity contribution in [3.63, 3.8) is 0 Å². The number of carbonyl (C=O) groups is 2. The molecular weight excluding hydrogens is 424 g/mol. The number of benzene rings is 1. The van der Waals surface area contributed by atoms with Crippen molar-refractivity contribution in [2.75, 3.05) is 33.0 Å². The van der Waals surface area contributed by atoms with Crippen molar-refractivity contribution in [2.24, 2.45) is 16.5 Å². The minimum atomic E-state index is -1.29. The number of alkyl carbamates (subject to hydrolysis) is 1. The molecule has 176 valence electrons. The van der Waals surface area contributed by atoms with Crippen molar-refractivity contribution in [3.05, 3.63) is 35.9 Å². The number of carboxylic acids is 1. The molecule has 0 aromatic heterocycles. The molecule has 12 nitrogen and oxygen atoms in total. The van der Waals surface area contributed by atoms with E-state index >= 15 is 0 Å². The van der Waals surface area contributed by atoms with Crippen LogP contribution >= 0.6 is 0 Å². The number of hydrogen-bond donors (Lipinski definition) is 4. The van der Waals surface area contributed by atoms with Crippen LogP contribution in [0.15, 0.2) is 35.3 Å². The maximum absolute atomic E-state index is 12.0. The molecule has 2 heterocycles. The summed E-state index contributed by atoms with van der Waals surface area (Å²) in [4.78, 5) is 27.4. The zero-order chi connectivity index (χ0) is 22.9. The maximum Gasteiger partial charge on any atom is 0.408 e. The fourth-order valence-electron chi connectivity index (χ4n) is 3.40. The number of nitrogens with two attached hydrogens (primary N) is 2. The van der Waals surface area contributed by atoms with Crippen molar-refractivity contribution < 1.29 is 38.4 Å². The average molecular weight is 452 g/mol. The van der Waals surface area contributed by atoms with E-state index in [1.807, 2.05) is 18.2 Å². The predicted molar refractivity (Wildman–Crippen MR) is 111 cm³/mol. The van der Waals surface area contributed by atoms with E-state index in [1.54, 1.807) is 12.1 Å². The Hall–Kier alpha value is -2.93. The van der Waals surface area contributed by atoms with Gasteiger partial charge in [0.05, 0.1) is 33.0 Å². The van der Waals surface area contributed by atoms with Crippen molar-refractivity contribution >= 4 is 18.0 Å². The number of carbonyl (C=O) groups excluding carboxylic acids is 1. The fraction of sp³-hybridized carbons (Fsp3) is 0.550. The summed E-state index contributed by atoms with van der Waals surface area (Å²) in [6, 6.07) is 7.76. The molecule has 2 fully saturated rings. The van der Waals surface area contributed by atoms with Crippen LogP contribution in [0.4, 0.5) is 4.79 Å². The Morgan fingerprint density at radius 1 is 1.12 bits per heavy atom. The van der Waals surface area contributed by atoms with Crippen LogP contribution in [0.2, 0.25) is 0 Å². The van der Waals surface area contributed by atoms with Crippen LogP contribution in [-0.2, 0) is 35.1 Å². The molecule has 1 aromatic carbocycles. The Bertz CT molecular complexity index is 789. The summed E-state index contributed by atoms with van der Waals surface area (Å²) >= 11 is 0. The fourth-order valence-corrected chi connectivity index (χ4v) is 3.40. The summed E-state index contributed by atoms with van der Waals surface area (Å²) in [5, 5.41) is 11.7. The number of carboxylic acid groups (broad SMARTS) is 1. The molecule has 1 amide bonds. The van der Waals surface area contributed by atoms with Crippen molar-refractivity contribution in [2.45, 2.75) is 37.1 Å². The zero-order valence-electron chi connectivity index (χ0n) is 17.4. The standard InChI is InChI=1S/C20H28N4O8/c21-19(22)23-6-7-28-14-10-30-17-15(11-31-16(14)17)29-9-13(18(25)26)24-20(27)32-8-12-4-2-1-3-5-12/h1-5,13-17H,6-11H2,(H,24,27)(H,25,26)(H4,21,22,23)/t13-,14+,15-,16+,17+/m0/s1. The highest BCUT2D eigenvalue weighted by Crippen LogP contribution is 2.30. The van der Waals surface area contributed by atoms with Crippen LogP contribution in [-0.4, -0.2) is 86.6 Å². The molecule has 1 aromatic rings. The van der Waals surface area contributed by atoms with Gasteiger partial charge in [-0.2, -0.15) is 0 Å². The number of hydrogen-bond acceptors (Lipinski definition) is 8. The maximum atomic E-state index is 12.0. The number of ether oxygens (including phenoxy) is 5. The summed E-state index contributed by atoms with van der Waals surface area (Å²) < 4.78 is 27.9. The van der Waals surface area contributed by atoms with E-state index in [0.29, 0.717) is 19.8 Å². The van der Waals surface area contributed by atoms with Gasteiger partial charge in [0, 0.05) is 0 Å². The molecule has 2 aliphatic rings. The molecule has 12 heteroatoms. The highest BCUT2D eigenvalue weighted by atomic mass is 16.6.